The van der Waals surface area contributed by atoms with E-state index in [1.54, 1.807) is 15.7 Å². The van der Waals surface area contributed by atoms with Gasteiger partial charge < -0.3 is 9.16 Å². The van der Waals surface area contributed by atoms with Crippen molar-refractivity contribution in [2.24, 2.45) is 0 Å². The van der Waals surface area contributed by atoms with E-state index in [2.05, 4.69) is 36.7 Å². The molecule has 0 fully saturated rings. The standard InChI is InChI=1S/C39H44BrF2N3O3SSi/c1-26-22-30-29-20-14-15-21-31(29)45(36(46)48-37(2,3)4)33(30)34(35-43-23-32(40)49-35)44(26)24-39(41,42)25-47-50(38(5,6)7,27-16-10-8-11-17-27)28-18-12-9-13-19-28/h8-21,23,26,34H,22,24-25H2,1-7H3/t26-,34+/m1/s1. The highest BCUT2D eigenvalue weighted by molar-refractivity contribution is 9.11. The largest absolute Gasteiger partial charge is 0.443 e. The summed E-state index contributed by atoms with van der Waals surface area (Å²) in [5.74, 6) is -3.26. The number of halogens is 3. The summed E-state index contributed by atoms with van der Waals surface area (Å²) in [5, 5.41) is 2.95. The fraction of sp³-hybridized carbons (Fsp3) is 0.385. The van der Waals surface area contributed by atoms with Crippen molar-refractivity contribution >= 4 is 63.0 Å². The average molecular weight is 781 g/mol. The lowest BCUT2D eigenvalue weighted by molar-refractivity contribution is -0.0823. The number of carbonyl (C=O) groups excluding carboxylic acids is 1. The third-order valence-corrected chi connectivity index (χ3v) is 15.8. The van der Waals surface area contributed by atoms with Crippen molar-refractivity contribution in [1.82, 2.24) is 14.5 Å². The van der Waals surface area contributed by atoms with E-state index in [4.69, 9.17) is 14.1 Å². The van der Waals surface area contributed by atoms with Gasteiger partial charge in [0.05, 0.1) is 34.3 Å². The summed E-state index contributed by atoms with van der Waals surface area (Å²) in [6, 6.07) is 26.3. The number of hydrogen-bond donors (Lipinski definition) is 0. The van der Waals surface area contributed by atoms with Gasteiger partial charge in [0, 0.05) is 11.4 Å². The molecule has 1 aliphatic rings. The Balaban J connectivity index is 1.43. The van der Waals surface area contributed by atoms with Gasteiger partial charge in [0.2, 0.25) is 0 Å². The second-order valence-electron chi connectivity index (χ2n) is 15.1. The Hall–Kier alpha value is -3.22. The van der Waals surface area contributed by atoms with Crippen LogP contribution in [0.25, 0.3) is 10.9 Å². The molecule has 0 saturated heterocycles. The molecule has 0 aliphatic carbocycles. The molecule has 5 aromatic rings. The third kappa shape index (κ3) is 6.99. The SMILES string of the molecule is C[C@@H]1Cc2c(n(C(=O)OC(C)(C)C)c3ccccc23)[C@@H](c2ncc(Br)s2)N1CC(F)(F)CO[Si](c1ccccc1)(c1ccccc1)C(C)(C)C. The minimum atomic E-state index is -3.26. The van der Waals surface area contributed by atoms with Gasteiger partial charge in [0.15, 0.2) is 0 Å². The molecule has 0 unspecified atom stereocenters. The highest BCUT2D eigenvalue weighted by atomic mass is 79.9. The molecule has 6 nitrogen and oxygen atoms in total. The average Bonchev–Trinajstić information content (AvgIpc) is 3.62. The van der Waals surface area contributed by atoms with Crippen molar-refractivity contribution in [3.05, 3.63) is 111 Å². The highest BCUT2D eigenvalue weighted by Gasteiger charge is 2.53. The lowest BCUT2D eigenvalue weighted by Crippen LogP contribution is -2.67. The Morgan fingerprint density at radius 2 is 1.52 bits per heavy atom. The molecule has 50 heavy (non-hydrogen) atoms. The summed E-state index contributed by atoms with van der Waals surface area (Å²) < 4.78 is 48.7. The molecule has 1 aliphatic heterocycles. The normalized spacial score (nSPS) is 17.6. The maximum absolute atomic E-state index is 16.8. The highest BCUT2D eigenvalue weighted by Crippen LogP contribution is 2.46. The minimum Gasteiger partial charge on any atom is -0.443 e. The van der Waals surface area contributed by atoms with Gasteiger partial charge >= 0.3 is 6.09 Å². The van der Waals surface area contributed by atoms with Crippen molar-refractivity contribution in [1.29, 1.82) is 0 Å². The number of aromatic nitrogens is 2. The quantitative estimate of drug-likeness (QED) is 0.147. The number of ether oxygens (including phenoxy) is 1. The maximum atomic E-state index is 16.8. The number of carbonyl (C=O) groups is 1. The van der Waals surface area contributed by atoms with E-state index in [9.17, 15) is 4.79 Å². The van der Waals surface area contributed by atoms with E-state index in [1.807, 2.05) is 113 Å². The summed E-state index contributed by atoms with van der Waals surface area (Å²) >= 11 is 4.92. The summed E-state index contributed by atoms with van der Waals surface area (Å²) in [6.45, 7) is 12.3. The van der Waals surface area contributed by atoms with E-state index in [0.29, 0.717) is 22.6 Å². The molecule has 0 saturated carbocycles. The molecular weight excluding hydrogens is 736 g/mol. The molecule has 2 atom stereocenters. The molecule has 0 amide bonds. The summed E-state index contributed by atoms with van der Waals surface area (Å²) in [7, 11) is -3.23. The first-order valence-corrected chi connectivity index (χ1v) is 20.4. The fourth-order valence-corrected chi connectivity index (χ4v) is 13.3. The van der Waals surface area contributed by atoms with E-state index in [0.717, 1.165) is 25.1 Å². The number of hydrogen-bond acceptors (Lipinski definition) is 6. The zero-order chi connectivity index (χ0) is 36.1. The first-order valence-electron chi connectivity index (χ1n) is 16.9. The molecule has 0 bridgehead atoms. The van der Waals surface area contributed by atoms with Crippen molar-refractivity contribution in [3.8, 4) is 0 Å². The van der Waals surface area contributed by atoms with E-state index < -0.39 is 50.2 Å². The van der Waals surface area contributed by atoms with Gasteiger partial charge in [-0.05, 0) is 77.1 Å². The van der Waals surface area contributed by atoms with Crippen LogP contribution in [0.2, 0.25) is 5.04 Å². The second-order valence-corrected chi connectivity index (χ2v) is 21.9. The van der Waals surface area contributed by atoms with Crippen LogP contribution in [0.4, 0.5) is 13.6 Å². The molecule has 0 spiro atoms. The Morgan fingerprint density at radius 1 is 0.940 bits per heavy atom. The third-order valence-electron chi connectivity index (χ3n) is 9.31. The van der Waals surface area contributed by atoms with Crippen molar-refractivity contribution in [3.63, 3.8) is 0 Å². The zero-order valence-corrected chi connectivity index (χ0v) is 32.9. The van der Waals surface area contributed by atoms with Gasteiger partial charge in [0.25, 0.3) is 14.2 Å². The number of nitrogens with zero attached hydrogens (tertiary/aromatic N) is 3. The topological polar surface area (TPSA) is 56.6 Å². The van der Waals surface area contributed by atoms with E-state index in [-0.39, 0.29) is 6.04 Å². The van der Waals surface area contributed by atoms with Crippen LogP contribution in [0.5, 0.6) is 0 Å². The number of thiazole rings is 1. The van der Waals surface area contributed by atoms with Crippen LogP contribution in [0.3, 0.4) is 0 Å². The molecule has 0 radical (unpaired) electrons. The molecule has 2 aromatic heterocycles. The molecule has 6 rings (SSSR count). The predicted molar refractivity (Wildman–Crippen MR) is 204 cm³/mol. The maximum Gasteiger partial charge on any atom is 0.419 e. The van der Waals surface area contributed by atoms with Crippen LogP contribution in [0.15, 0.2) is 94.9 Å². The molecule has 3 heterocycles. The van der Waals surface area contributed by atoms with Crippen LogP contribution >= 0.6 is 27.3 Å². The van der Waals surface area contributed by atoms with Gasteiger partial charge in [-0.2, -0.15) is 0 Å². The summed E-state index contributed by atoms with van der Waals surface area (Å²) in [6.07, 6.45) is 1.61. The smallest absolute Gasteiger partial charge is 0.419 e. The van der Waals surface area contributed by atoms with Crippen molar-refractivity contribution < 1.29 is 22.7 Å². The van der Waals surface area contributed by atoms with Gasteiger partial charge in [-0.3, -0.25) is 4.90 Å². The van der Waals surface area contributed by atoms with Gasteiger partial charge in [-0.25, -0.2) is 23.1 Å². The van der Waals surface area contributed by atoms with E-state index in [1.165, 1.54) is 11.3 Å². The zero-order valence-electron chi connectivity index (χ0n) is 29.5. The van der Waals surface area contributed by atoms with E-state index >= 15 is 8.78 Å². The van der Waals surface area contributed by atoms with Gasteiger partial charge in [-0.15, -0.1) is 11.3 Å². The molecule has 11 heteroatoms. The Kier molecular flexibility index (Phi) is 10.0. The first-order chi connectivity index (χ1) is 23.5. The predicted octanol–water partition coefficient (Wildman–Crippen LogP) is 9.19. The van der Waals surface area contributed by atoms with Gasteiger partial charge in [-0.1, -0.05) is 99.6 Å². The lowest BCUT2D eigenvalue weighted by atomic mass is 9.92. The van der Waals surface area contributed by atoms with Crippen LogP contribution in [0, 0.1) is 0 Å². The summed E-state index contributed by atoms with van der Waals surface area (Å²) in [5.41, 5.74) is 1.48. The Morgan fingerprint density at radius 3 is 2.06 bits per heavy atom. The number of para-hydroxylation sites is 1. The Labute approximate surface area is 306 Å². The summed E-state index contributed by atoms with van der Waals surface area (Å²) in [4.78, 5) is 20.5. The fourth-order valence-electron chi connectivity index (χ4n) is 7.34. The monoisotopic (exact) mass is 779 g/mol. The molecule has 0 N–H and O–H groups in total. The van der Waals surface area contributed by atoms with Gasteiger partial charge in [0.1, 0.15) is 16.7 Å². The number of benzene rings is 3. The second kappa shape index (κ2) is 13.7. The Bertz CT molecular complexity index is 1930. The number of rotatable bonds is 8. The van der Waals surface area contributed by atoms with Crippen LogP contribution < -0.4 is 10.4 Å². The van der Waals surface area contributed by atoms with Crippen LogP contribution in [-0.2, 0) is 15.6 Å². The minimum absolute atomic E-state index is 0.299. The lowest BCUT2D eigenvalue weighted by Gasteiger charge is -2.45. The number of fused-ring (bicyclic) bond motifs is 3. The molecular formula is C39H44BrF2N3O3SSi. The molecule has 3 aromatic carbocycles. The number of alkyl halides is 2. The molecule has 264 valence electrons. The van der Waals surface area contributed by atoms with Crippen molar-refractivity contribution in [2.45, 2.75) is 83.5 Å². The van der Waals surface area contributed by atoms with Crippen LogP contribution in [0.1, 0.15) is 70.8 Å². The van der Waals surface area contributed by atoms with Crippen LogP contribution in [-0.4, -0.2) is 59.6 Å². The van der Waals surface area contributed by atoms with Crippen molar-refractivity contribution in [2.75, 3.05) is 13.2 Å². The first kappa shape index (κ1) is 36.6.